The molecule has 2 heterocycles. The molecule has 2 aliphatic heterocycles. The minimum absolute atomic E-state index is 0.0348. The van der Waals surface area contributed by atoms with Crippen LogP contribution in [0.25, 0.3) is 0 Å². The van der Waals surface area contributed by atoms with Gasteiger partial charge < -0.3 is 20.3 Å². The molecular formula is C16H31N5O4S2. The normalized spacial score (nSPS) is 20.1. The third-order valence-corrected chi connectivity index (χ3v) is 6.93. The minimum atomic E-state index is -3.24. The van der Waals surface area contributed by atoms with Crippen LogP contribution in [0.2, 0.25) is 0 Å². The molecule has 0 aliphatic carbocycles. The van der Waals surface area contributed by atoms with E-state index in [9.17, 15) is 13.2 Å². The number of guanidine groups is 1. The zero-order chi connectivity index (χ0) is 20.1. The number of nitrogens with one attached hydrogen (secondary N) is 2. The van der Waals surface area contributed by atoms with Gasteiger partial charge >= 0.3 is 6.09 Å². The van der Waals surface area contributed by atoms with Crippen molar-refractivity contribution < 1.29 is 17.9 Å². The van der Waals surface area contributed by atoms with E-state index in [1.54, 1.807) is 28.0 Å². The number of hydrogen-bond acceptors (Lipinski definition) is 6. The second-order valence-electron chi connectivity index (χ2n) is 7.55. The number of amides is 1. The number of carbonyl (C=O) groups is 1. The summed E-state index contributed by atoms with van der Waals surface area (Å²) in [7, 11) is -1.60. The molecule has 2 aliphatic rings. The van der Waals surface area contributed by atoms with Crippen LogP contribution in [0, 0.1) is 0 Å². The van der Waals surface area contributed by atoms with Gasteiger partial charge in [0.1, 0.15) is 5.60 Å². The molecule has 0 unspecified atom stereocenters. The molecule has 2 rings (SSSR count). The monoisotopic (exact) mass is 421 g/mol. The van der Waals surface area contributed by atoms with E-state index in [-0.39, 0.29) is 24.4 Å². The quantitative estimate of drug-likeness (QED) is 0.481. The Balaban J connectivity index is 1.69. The highest BCUT2D eigenvalue weighted by molar-refractivity contribution is 7.99. The van der Waals surface area contributed by atoms with Gasteiger partial charge in [0.15, 0.2) is 5.96 Å². The van der Waals surface area contributed by atoms with Crippen LogP contribution in [0.5, 0.6) is 0 Å². The molecule has 2 saturated heterocycles. The highest BCUT2D eigenvalue weighted by atomic mass is 32.2. The molecule has 0 aromatic rings. The summed E-state index contributed by atoms with van der Waals surface area (Å²) in [5.41, 5.74) is -0.508. The van der Waals surface area contributed by atoms with E-state index >= 15 is 0 Å². The average Bonchev–Trinajstić information content (AvgIpc) is 2.55. The molecule has 0 aromatic heterocycles. The number of likely N-dealkylation sites (tertiary alicyclic amines) is 1. The standard InChI is InChI=1S/C16H31N5O4S2/c1-16(2,3)25-15(22)20-11-13(12-20)19-14(17-4)18-5-10-27(23,24)21-6-8-26-9-7-21/h13H,5-12H2,1-4H3,(H2,17,18,19). The summed E-state index contributed by atoms with van der Waals surface area (Å²) in [6, 6.07) is 0.0689. The van der Waals surface area contributed by atoms with Crippen LogP contribution in [-0.2, 0) is 14.8 Å². The van der Waals surface area contributed by atoms with Crippen molar-refractivity contribution in [2.45, 2.75) is 32.4 Å². The first kappa shape index (κ1) is 22.1. The number of thioether (sulfide) groups is 1. The van der Waals surface area contributed by atoms with Crippen LogP contribution in [-0.4, -0.2) is 98.3 Å². The van der Waals surface area contributed by atoms with E-state index in [4.69, 9.17) is 4.74 Å². The third kappa shape index (κ3) is 7.04. The van der Waals surface area contributed by atoms with Gasteiger partial charge in [0.2, 0.25) is 10.0 Å². The summed E-state index contributed by atoms with van der Waals surface area (Å²) in [6.07, 6.45) is -0.325. The Morgan fingerprint density at radius 3 is 2.44 bits per heavy atom. The van der Waals surface area contributed by atoms with Crippen molar-refractivity contribution in [1.82, 2.24) is 19.8 Å². The zero-order valence-corrected chi connectivity index (χ0v) is 18.2. The van der Waals surface area contributed by atoms with Crippen molar-refractivity contribution in [1.29, 1.82) is 0 Å². The lowest BCUT2D eigenvalue weighted by atomic mass is 10.1. The van der Waals surface area contributed by atoms with Crippen molar-refractivity contribution in [3.05, 3.63) is 0 Å². The van der Waals surface area contributed by atoms with Gasteiger partial charge in [-0.2, -0.15) is 11.8 Å². The van der Waals surface area contributed by atoms with Crippen molar-refractivity contribution in [2.75, 3.05) is 57.0 Å². The van der Waals surface area contributed by atoms with E-state index < -0.39 is 15.6 Å². The Hall–Kier alpha value is -1.20. The SMILES string of the molecule is CN=C(NCCS(=O)(=O)N1CCSCC1)NC1CN(C(=O)OC(C)(C)C)C1. The first-order valence-corrected chi connectivity index (χ1v) is 11.9. The Kier molecular flexibility index (Phi) is 7.64. The summed E-state index contributed by atoms with van der Waals surface area (Å²) in [6.45, 7) is 8.02. The third-order valence-electron chi connectivity index (χ3n) is 4.11. The van der Waals surface area contributed by atoms with Gasteiger partial charge in [-0.25, -0.2) is 17.5 Å². The number of carbonyl (C=O) groups excluding carboxylic acids is 1. The number of rotatable bonds is 5. The molecule has 2 fully saturated rings. The summed E-state index contributed by atoms with van der Waals surface area (Å²) < 4.78 is 31.6. The number of hydrogen-bond donors (Lipinski definition) is 2. The van der Waals surface area contributed by atoms with E-state index in [0.717, 1.165) is 11.5 Å². The van der Waals surface area contributed by atoms with Crippen LogP contribution in [0.15, 0.2) is 4.99 Å². The fourth-order valence-electron chi connectivity index (χ4n) is 2.69. The van der Waals surface area contributed by atoms with Crippen LogP contribution in [0.4, 0.5) is 4.79 Å². The summed E-state index contributed by atoms with van der Waals surface area (Å²) in [5.74, 6) is 2.28. The molecule has 2 N–H and O–H groups in total. The van der Waals surface area contributed by atoms with E-state index in [2.05, 4.69) is 15.6 Å². The lowest BCUT2D eigenvalue weighted by Gasteiger charge is -2.40. The van der Waals surface area contributed by atoms with Crippen molar-refractivity contribution >= 4 is 33.8 Å². The fourth-order valence-corrected chi connectivity index (χ4v) is 5.18. The predicted octanol–water partition coefficient (Wildman–Crippen LogP) is 0.149. The molecule has 0 aromatic carbocycles. The summed E-state index contributed by atoms with van der Waals surface area (Å²) >= 11 is 1.78. The van der Waals surface area contributed by atoms with Crippen molar-refractivity contribution in [3.63, 3.8) is 0 Å². The topological polar surface area (TPSA) is 103 Å². The Morgan fingerprint density at radius 2 is 1.89 bits per heavy atom. The van der Waals surface area contributed by atoms with Gasteiger partial charge in [-0.1, -0.05) is 0 Å². The molecule has 9 nitrogen and oxygen atoms in total. The van der Waals surface area contributed by atoms with E-state index in [0.29, 0.717) is 32.1 Å². The Morgan fingerprint density at radius 1 is 1.26 bits per heavy atom. The predicted molar refractivity (Wildman–Crippen MR) is 109 cm³/mol. The molecule has 0 saturated carbocycles. The number of aliphatic imine (C=N–C) groups is 1. The maximum absolute atomic E-state index is 12.3. The molecule has 0 atom stereocenters. The molecule has 0 spiro atoms. The van der Waals surface area contributed by atoms with Crippen molar-refractivity contribution in [2.24, 2.45) is 4.99 Å². The highest BCUT2D eigenvalue weighted by Gasteiger charge is 2.34. The molecule has 0 bridgehead atoms. The molecule has 0 radical (unpaired) electrons. The lowest BCUT2D eigenvalue weighted by Crippen LogP contribution is -2.63. The van der Waals surface area contributed by atoms with Gasteiger partial charge in [0, 0.05) is 51.3 Å². The van der Waals surface area contributed by atoms with Gasteiger partial charge in [-0.3, -0.25) is 4.99 Å². The zero-order valence-electron chi connectivity index (χ0n) is 16.5. The smallest absolute Gasteiger partial charge is 0.410 e. The second-order valence-corrected chi connectivity index (χ2v) is 10.9. The number of ether oxygens (including phenoxy) is 1. The molecule has 1 amide bonds. The maximum Gasteiger partial charge on any atom is 0.410 e. The maximum atomic E-state index is 12.3. The Labute approximate surface area is 166 Å². The van der Waals surface area contributed by atoms with Crippen LogP contribution in [0.3, 0.4) is 0 Å². The Bertz CT molecular complexity index is 636. The molecule has 11 heteroatoms. The average molecular weight is 422 g/mol. The van der Waals surface area contributed by atoms with E-state index in [1.165, 1.54) is 0 Å². The summed E-state index contributed by atoms with van der Waals surface area (Å²) in [5, 5.41) is 6.23. The first-order valence-electron chi connectivity index (χ1n) is 9.11. The fraction of sp³-hybridized carbons (Fsp3) is 0.875. The van der Waals surface area contributed by atoms with Crippen LogP contribution in [0.1, 0.15) is 20.8 Å². The lowest BCUT2D eigenvalue weighted by molar-refractivity contribution is 0.00701. The van der Waals surface area contributed by atoms with Crippen LogP contribution >= 0.6 is 11.8 Å². The second kappa shape index (κ2) is 9.33. The number of nitrogens with zero attached hydrogens (tertiary/aromatic N) is 3. The molecular weight excluding hydrogens is 390 g/mol. The molecule has 27 heavy (non-hydrogen) atoms. The summed E-state index contributed by atoms with van der Waals surface area (Å²) in [4.78, 5) is 17.7. The van der Waals surface area contributed by atoms with Gasteiger partial charge in [0.05, 0.1) is 11.8 Å². The number of sulfonamides is 1. The van der Waals surface area contributed by atoms with Gasteiger partial charge in [0.25, 0.3) is 0 Å². The van der Waals surface area contributed by atoms with Gasteiger partial charge in [-0.15, -0.1) is 0 Å². The van der Waals surface area contributed by atoms with Crippen LogP contribution < -0.4 is 10.6 Å². The minimum Gasteiger partial charge on any atom is -0.444 e. The highest BCUT2D eigenvalue weighted by Crippen LogP contribution is 2.15. The largest absolute Gasteiger partial charge is 0.444 e. The van der Waals surface area contributed by atoms with Crippen molar-refractivity contribution in [3.8, 4) is 0 Å². The van der Waals surface area contributed by atoms with Gasteiger partial charge in [-0.05, 0) is 20.8 Å². The first-order chi connectivity index (χ1) is 12.6. The van der Waals surface area contributed by atoms with E-state index in [1.807, 2.05) is 20.8 Å². The molecule has 156 valence electrons.